The summed E-state index contributed by atoms with van der Waals surface area (Å²) < 4.78 is 7.73. The minimum Gasteiger partial charge on any atom is -0.449 e. The number of imidazole rings is 1. The molecule has 0 bridgehead atoms. The number of fused-ring (bicyclic) bond motifs is 1. The lowest BCUT2D eigenvalue weighted by atomic mass is 10.2. The number of nitrogens with zero attached hydrogens (tertiary/aromatic N) is 2. The third-order valence-corrected chi connectivity index (χ3v) is 3.26. The molecular formula is C14H17BrN2O2. The highest BCUT2D eigenvalue weighted by Crippen LogP contribution is 2.24. The molecule has 5 heteroatoms. The SMILES string of the molecule is Cc1cc(Br)cc2c1nc(C)n2C(=O)OCC(C)C. The number of hydrogen-bond donors (Lipinski definition) is 0. The summed E-state index contributed by atoms with van der Waals surface area (Å²) in [5.74, 6) is 0.956. The quantitative estimate of drug-likeness (QED) is 0.836. The predicted molar refractivity (Wildman–Crippen MR) is 78.5 cm³/mol. The second-order valence-electron chi connectivity index (χ2n) is 5.06. The first-order valence-corrected chi connectivity index (χ1v) is 7.01. The van der Waals surface area contributed by atoms with Gasteiger partial charge in [0, 0.05) is 4.47 Å². The van der Waals surface area contributed by atoms with E-state index in [9.17, 15) is 4.79 Å². The molecule has 0 atom stereocenters. The van der Waals surface area contributed by atoms with Gasteiger partial charge in [-0.3, -0.25) is 0 Å². The van der Waals surface area contributed by atoms with Crippen molar-refractivity contribution < 1.29 is 9.53 Å². The van der Waals surface area contributed by atoms with Crippen molar-refractivity contribution in [3.8, 4) is 0 Å². The fraction of sp³-hybridized carbons (Fsp3) is 0.429. The van der Waals surface area contributed by atoms with Crippen LogP contribution in [-0.4, -0.2) is 22.3 Å². The molecule has 2 aromatic rings. The summed E-state index contributed by atoms with van der Waals surface area (Å²) in [6.45, 7) is 8.21. The number of aromatic nitrogens is 2. The first-order chi connectivity index (χ1) is 8.90. The maximum absolute atomic E-state index is 12.2. The van der Waals surface area contributed by atoms with Crippen molar-refractivity contribution in [1.82, 2.24) is 9.55 Å². The monoisotopic (exact) mass is 324 g/mol. The van der Waals surface area contributed by atoms with Crippen molar-refractivity contribution >= 4 is 33.1 Å². The number of rotatable bonds is 2. The van der Waals surface area contributed by atoms with Gasteiger partial charge in [0.05, 0.1) is 17.6 Å². The smallest absolute Gasteiger partial charge is 0.419 e. The summed E-state index contributed by atoms with van der Waals surface area (Å²) in [7, 11) is 0. The van der Waals surface area contributed by atoms with E-state index in [4.69, 9.17) is 4.74 Å². The summed E-state index contributed by atoms with van der Waals surface area (Å²) in [5.41, 5.74) is 2.64. The Morgan fingerprint density at radius 1 is 1.42 bits per heavy atom. The molecule has 0 unspecified atom stereocenters. The fourth-order valence-electron chi connectivity index (χ4n) is 1.95. The van der Waals surface area contributed by atoms with Gasteiger partial charge in [0.25, 0.3) is 0 Å². The van der Waals surface area contributed by atoms with Gasteiger partial charge in [0.2, 0.25) is 0 Å². The summed E-state index contributed by atoms with van der Waals surface area (Å²) in [4.78, 5) is 16.6. The lowest BCUT2D eigenvalue weighted by molar-refractivity contribution is 0.135. The molecule has 0 aliphatic carbocycles. The van der Waals surface area contributed by atoms with Crippen molar-refractivity contribution in [2.24, 2.45) is 5.92 Å². The third kappa shape index (κ3) is 2.81. The van der Waals surface area contributed by atoms with Crippen molar-refractivity contribution in [1.29, 1.82) is 0 Å². The van der Waals surface area contributed by atoms with Crippen LogP contribution in [0.2, 0.25) is 0 Å². The minimum absolute atomic E-state index is 0.313. The summed E-state index contributed by atoms with van der Waals surface area (Å²) in [5, 5.41) is 0. The van der Waals surface area contributed by atoms with Gasteiger partial charge < -0.3 is 4.74 Å². The van der Waals surface area contributed by atoms with E-state index in [-0.39, 0.29) is 6.09 Å². The van der Waals surface area contributed by atoms with E-state index >= 15 is 0 Å². The Bertz CT molecular complexity index is 632. The number of aryl methyl sites for hydroxylation is 2. The van der Waals surface area contributed by atoms with Crippen LogP contribution in [0.3, 0.4) is 0 Å². The molecule has 19 heavy (non-hydrogen) atoms. The highest BCUT2D eigenvalue weighted by molar-refractivity contribution is 9.10. The summed E-state index contributed by atoms with van der Waals surface area (Å²) >= 11 is 3.44. The van der Waals surface area contributed by atoms with Crippen LogP contribution in [0.4, 0.5) is 4.79 Å². The van der Waals surface area contributed by atoms with Crippen LogP contribution in [0.1, 0.15) is 25.2 Å². The first kappa shape index (κ1) is 14.1. The minimum atomic E-state index is -0.369. The molecule has 0 amide bonds. The van der Waals surface area contributed by atoms with E-state index in [0.29, 0.717) is 18.3 Å². The Balaban J connectivity index is 2.48. The Hall–Kier alpha value is -1.36. The van der Waals surface area contributed by atoms with Crippen LogP contribution >= 0.6 is 15.9 Å². The highest BCUT2D eigenvalue weighted by atomic mass is 79.9. The van der Waals surface area contributed by atoms with Gasteiger partial charge in [-0.2, -0.15) is 0 Å². The van der Waals surface area contributed by atoms with Crippen LogP contribution in [0.25, 0.3) is 11.0 Å². The summed E-state index contributed by atoms with van der Waals surface area (Å²) in [6, 6.07) is 3.87. The van der Waals surface area contributed by atoms with E-state index < -0.39 is 0 Å². The first-order valence-electron chi connectivity index (χ1n) is 6.22. The fourth-order valence-corrected chi connectivity index (χ4v) is 2.51. The van der Waals surface area contributed by atoms with Gasteiger partial charge in [-0.1, -0.05) is 29.8 Å². The number of carbonyl (C=O) groups is 1. The van der Waals surface area contributed by atoms with E-state index in [1.165, 1.54) is 4.57 Å². The van der Waals surface area contributed by atoms with Crippen LogP contribution in [0, 0.1) is 19.8 Å². The van der Waals surface area contributed by atoms with Crippen molar-refractivity contribution in [2.45, 2.75) is 27.7 Å². The number of halogens is 1. The van der Waals surface area contributed by atoms with Crippen LogP contribution < -0.4 is 0 Å². The molecule has 2 rings (SSSR count). The Morgan fingerprint density at radius 2 is 2.11 bits per heavy atom. The second kappa shape index (κ2) is 5.33. The molecule has 1 aromatic heterocycles. The van der Waals surface area contributed by atoms with Crippen molar-refractivity contribution in [2.75, 3.05) is 6.61 Å². The van der Waals surface area contributed by atoms with Crippen LogP contribution in [0.5, 0.6) is 0 Å². The topological polar surface area (TPSA) is 44.1 Å². The Labute approximate surface area is 120 Å². The lowest BCUT2D eigenvalue weighted by Gasteiger charge is -2.09. The van der Waals surface area contributed by atoms with E-state index in [2.05, 4.69) is 20.9 Å². The molecule has 4 nitrogen and oxygen atoms in total. The molecular weight excluding hydrogens is 308 g/mol. The van der Waals surface area contributed by atoms with Crippen molar-refractivity contribution in [3.63, 3.8) is 0 Å². The number of ether oxygens (including phenoxy) is 1. The molecule has 0 aliphatic heterocycles. The molecule has 1 aromatic carbocycles. The normalized spacial score (nSPS) is 11.3. The van der Waals surface area contributed by atoms with E-state index in [1.54, 1.807) is 0 Å². The lowest BCUT2D eigenvalue weighted by Crippen LogP contribution is -2.17. The molecule has 102 valence electrons. The van der Waals surface area contributed by atoms with Gasteiger partial charge >= 0.3 is 6.09 Å². The zero-order valence-electron chi connectivity index (χ0n) is 11.5. The van der Waals surface area contributed by atoms with Crippen LogP contribution in [-0.2, 0) is 4.74 Å². The molecule has 0 saturated carbocycles. The molecule has 0 radical (unpaired) electrons. The second-order valence-corrected chi connectivity index (χ2v) is 5.97. The predicted octanol–water partition coefficient (Wildman–Crippen LogP) is 4.06. The number of hydrogen-bond acceptors (Lipinski definition) is 3. The molecule has 0 N–H and O–H groups in total. The zero-order chi connectivity index (χ0) is 14.2. The van der Waals surface area contributed by atoms with Gasteiger partial charge in [-0.25, -0.2) is 14.3 Å². The highest BCUT2D eigenvalue weighted by Gasteiger charge is 2.17. The van der Waals surface area contributed by atoms with E-state index in [1.807, 2.05) is 39.8 Å². The standard InChI is InChI=1S/C14H17BrN2O2/c1-8(2)7-19-14(18)17-10(4)16-13-9(3)5-11(15)6-12(13)17/h5-6,8H,7H2,1-4H3. The molecule has 1 heterocycles. The summed E-state index contributed by atoms with van der Waals surface area (Å²) in [6.07, 6.45) is -0.369. The Morgan fingerprint density at radius 3 is 2.74 bits per heavy atom. The average Bonchev–Trinajstić information content (AvgIpc) is 2.63. The van der Waals surface area contributed by atoms with Gasteiger partial charge in [-0.15, -0.1) is 0 Å². The molecule has 0 spiro atoms. The van der Waals surface area contributed by atoms with Crippen LogP contribution in [0.15, 0.2) is 16.6 Å². The Kier molecular flexibility index (Phi) is 3.94. The average molecular weight is 325 g/mol. The van der Waals surface area contributed by atoms with Gasteiger partial charge in [0.1, 0.15) is 5.82 Å². The van der Waals surface area contributed by atoms with Gasteiger partial charge in [-0.05, 0) is 37.5 Å². The largest absolute Gasteiger partial charge is 0.449 e. The number of benzene rings is 1. The molecule has 0 aliphatic rings. The van der Waals surface area contributed by atoms with E-state index in [0.717, 1.165) is 21.1 Å². The maximum Gasteiger partial charge on any atom is 0.419 e. The third-order valence-electron chi connectivity index (χ3n) is 2.81. The maximum atomic E-state index is 12.2. The zero-order valence-corrected chi connectivity index (χ0v) is 13.1. The number of carbonyl (C=O) groups excluding carboxylic acids is 1. The molecule has 0 fully saturated rings. The van der Waals surface area contributed by atoms with Gasteiger partial charge in [0.15, 0.2) is 0 Å². The molecule has 0 saturated heterocycles. The van der Waals surface area contributed by atoms with Crippen molar-refractivity contribution in [3.05, 3.63) is 28.0 Å².